The maximum atomic E-state index is 12.3. The lowest BCUT2D eigenvalue weighted by molar-refractivity contribution is -0.372. The van der Waals surface area contributed by atoms with Gasteiger partial charge in [0.2, 0.25) is 0 Å². The number of alkyl halides is 6. The predicted octanol–water partition coefficient (Wildman–Crippen LogP) is 16.6. The van der Waals surface area contributed by atoms with E-state index >= 15 is 0 Å². The zero-order valence-corrected chi connectivity index (χ0v) is 49.5. The highest BCUT2D eigenvalue weighted by Crippen LogP contribution is 2.59. The minimum atomic E-state index is -5.05. The lowest BCUT2D eigenvalue weighted by atomic mass is 9.94. The van der Waals surface area contributed by atoms with Gasteiger partial charge in [0.1, 0.15) is 39.1 Å². The van der Waals surface area contributed by atoms with Gasteiger partial charge < -0.3 is 23.7 Å². The highest BCUT2D eigenvalue weighted by molar-refractivity contribution is 7.92. The van der Waals surface area contributed by atoms with E-state index in [1.165, 1.54) is 85.7 Å². The summed E-state index contributed by atoms with van der Waals surface area (Å²) in [6.45, 7) is 0. The van der Waals surface area contributed by atoms with Gasteiger partial charge >= 0.3 is 12.4 Å². The zero-order chi connectivity index (χ0) is 62.0. The standard InChI is InChI=1S/2C34H24OP.C8H3BF6O3/c2*1-4-13-28(14-5-1)36(29-15-6-2-7-16-29,30-17-8-3-9-18-30)35-32-24-22-27-20-19-25-11-10-12-26-21-23-31(32)34(27)33(25)26;10-7(11,12)4-1-5(8(13,14)15)3-6(2-4)18-9(16)17/h2*1-24H;1-3H/q2*+1;-2. The number of hydrogen-bond donors (Lipinski definition) is 0. The van der Waals surface area contributed by atoms with Crippen molar-refractivity contribution in [1.82, 2.24) is 0 Å². The molecular formula is C76H51BF6O5P2. The molecule has 14 heteroatoms. The topological polar surface area (TPSA) is 73.8 Å². The van der Waals surface area contributed by atoms with Crippen LogP contribution in [0.3, 0.4) is 0 Å². The minimum absolute atomic E-state index is 0.141. The molecule has 0 saturated carbocycles. The Morgan fingerprint density at radius 3 is 0.800 bits per heavy atom. The Labute approximate surface area is 516 Å². The van der Waals surface area contributed by atoms with E-state index in [0.29, 0.717) is 0 Å². The number of benzene rings is 15. The average Bonchev–Trinajstić information content (AvgIpc) is 3.29. The van der Waals surface area contributed by atoms with Crippen LogP contribution in [0.5, 0.6) is 17.2 Å². The summed E-state index contributed by atoms with van der Waals surface area (Å²) in [5, 5.41) is 42.4. The van der Waals surface area contributed by atoms with Crippen molar-refractivity contribution in [3.05, 3.63) is 321 Å². The molecule has 0 aliphatic heterocycles. The molecule has 0 N–H and O–H groups in total. The molecule has 0 unspecified atom stereocenters. The van der Waals surface area contributed by atoms with Gasteiger partial charge in [-0.05, 0) is 158 Å². The fourth-order valence-electron chi connectivity index (χ4n) is 12.0. The van der Waals surface area contributed by atoms with Gasteiger partial charge in [0, 0.05) is 21.5 Å². The molecule has 15 aromatic rings. The summed E-state index contributed by atoms with van der Waals surface area (Å²) in [4.78, 5) is 0. The Bertz CT molecular complexity index is 4400. The van der Waals surface area contributed by atoms with Gasteiger partial charge in [0.05, 0.1) is 16.9 Å². The first-order valence-corrected chi connectivity index (χ1v) is 32.2. The first-order valence-electron chi connectivity index (χ1n) is 28.8. The van der Waals surface area contributed by atoms with Crippen LogP contribution in [-0.4, -0.2) is 7.32 Å². The second-order valence-electron chi connectivity index (χ2n) is 21.4. The summed E-state index contributed by atoms with van der Waals surface area (Å²) >= 11 is 0. The molecule has 0 aliphatic rings. The quantitative estimate of drug-likeness (QED) is 0.0527. The average molecular weight is 1230 g/mol. The highest BCUT2D eigenvalue weighted by Gasteiger charge is 2.51. The van der Waals surface area contributed by atoms with Crippen molar-refractivity contribution in [3.63, 3.8) is 0 Å². The summed E-state index contributed by atoms with van der Waals surface area (Å²) < 4.78 is 92.4. The van der Waals surface area contributed by atoms with Crippen molar-refractivity contribution in [2.75, 3.05) is 0 Å². The third-order valence-corrected chi connectivity index (χ3v) is 23.1. The van der Waals surface area contributed by atoms with Crippen molar-refractivity contribution in [1.29, 1.82) is 0 Å². The summed E-state index contributed by atoms with van der Waals surface area (Å²) in [7, 11) is -7.95. The molecular weight excluding hydrogens is 1180 g/mol. The molecule has 90 heavy (non-hydrogen) atoms. The summed E-state index contributed by atoms with van der Waals surface area (Å²) in [5.41, 5.74) is -3.32. The van der Waals surface area contributed by atoms with Crippen LogP contribution in [0.25, 0.3) is 64.6 Å². The lowest BCUT2D eigenvalue weighted by Crippen LogP contribution is -2.50. The van der Waals surface area contributed by atoms with Crippen LogP contribution in [0.1, 0.15) is 11.1 Å². The Kier molecular flexibility index (Phi) is 16.2. The maximum Gasteiger partial charge on any atom is 0.416 e. The van der Waals surface area contributed by atoms with Crippen LogP contribution in [0.15, 0.2) is 309 Å². The fourth-order valence-corrected chi connectivity index (χ4v) is 18.9. The first kappa shape index (κ1) is 59.2. The summed E-state index contributed by atoms with van der Waals surface area (Å²) in [6.07, 6.45) is -10.1. The van der Waals surface area contributed by atoms with Gasteiger partial charge in [-0.2, -0.15) is 26.3 Å². The molecule has 0 aromatic heterocycles. The zero-order valence-electron chi connectivity index (χ0n) is 47.7. The van der Waals surface area contributed by atoms with Crippen LogP contribution in [0.4, 0.5) is 26.3 Å². The lowest BCUT2D eigenvalue weighted by Gasteiger charge is -2.27. The van der Waals surface area contributed by atoms with Gasteiger partial charge in [-0.1, -0.05) is 194 Å². The van der Waals surface area contributed by atoms with Crippen molar-refractivity contribution in [2.24, 2.45) is 0 Å². The monoisotopic (exact) mass is 1230 g/mol. The molecule has 0 atom stereocenters. The molecule has 15 aromatic carbocycles. The number of hydrogen-bond acceptors (Lipinski definition) is 5. The maximum absolute atomic E-state index is 12.3. The molecule has 0 saturated heterocycles. The first-order chi connectivity index (χ1) is 43.7. The van der Waals surface area contributed by atoms with Gasteiger partial charge in [0.15, 0.2) is 11.5 Å². The van der Waals surface area contributed by atoms with Gasteiger partial charge in [-0.3, -0.25) is 0 Å². The minimum Gasteiger partial charge on any atom is -0.860 e. The molecule has 0 amide bonds. The van der Waals surface area contributed by atoms with Gasteiger partial charge in [-0.25, -0.2) is 0 Å². The van der Waals surface area contributed by atoms with E-state index in [1.54, 1.807) is 0 Å². The van der Waals surface area contributed by atoms with Crippen molar-refractivity contribution in [3.8, 4) is 17.2 Å². The van der Waals surface area contributed by atoms with Crippen LogP contribution in [0.2, 0.25) is 0 Å². The third kappa shape index (κ3) is 11.4. The van der Waals surface area contributed by atoms with E-state index in [9.17, 15) is 36.4 Å². The summed E-state index contributed by atoms with van der Waals surface area (Å²) in [6, 6.07) is 104. The smallest absolute Gasteiger partial charge is 0.416 e. The van der Waals surface area contributed by atoms with Crippen LogP contribution in [0, 0.1) is 0 Å². The van der Waals surface area contributed by atoms with Gasteiger partial charge in [-0.15, -0.1) is 0 Å². The predicted molar refractivity (Wildman–Crippen MR) is 355 cm³/mol. The Hall–Kier alpha value is -9.80. The molecule has 0 radical (unpaired) electrons. The molecule has 15 rings (SSSR count). The van der Waals surface area contributed by atoms with E-state index in [1.807, 2.05) is 0 Å². The van der Waals surface area contributed by atoms with E-state index < -0.39 is 51.5 Å². The molecule has 0 heterocycles. The number of halogens is 6. The van der Waals surface area contributed by atoms with Crippen molar-refractivity contribution < 1.29 is 50.1 Å². The second kappa shape index (κ2) is 24.6. The van der Waals surface area contributed by atoms with E-state index in [4.69, 9.17) is 9.05 Å². The SMILES string of the molecule is [O-]B([O-])Oc1cc(C(F)(F)F)cc(C(F)(F)F)c1.c1ccc([P+](Oc2ccc3ccc4cccc5ccc2c3c45)(c2ccccc2)c2ccccc2)cc1.c1ccc([P+](Oc2ccc3ccc4cccc5ccc2c3c45)(c2ccccc2)c2ccccc2)cc1. The van der Waals surface area contributed by atoms with Gasteiger partial charge in [0.25, 0.3) is 15.0 Å². The third-order valence-electron chi connectivity index (χ3n) is 16.0. The van der Waals surface area contributed by atoms with E-state index in [0.717, 1.165) is 22.3 Å². The molecule has 0 bridgehead atoms. The Morgan fingerprint density at radius 1 is 0.278 bits per heavy atom. The molecule has 0 spiro atoms. The summed E-state index contributed by atoms with van der Waals surface area (Å²) in [5.74, 6) is 0.767. The normalized spacial score (nSPS) is 12.0. The second-order valence-corrected chi connectivity index (χ2v) is 27.3. The largest absolute Gasteiger partial charge is 0.860 e. The van der Waals surface area contributed by atoms with Crippen LogP contribution in [-0.2, 0) is 12.4 Å². The van der Waals surface area contributed by atoms with Crippen molar-refractivity contribution in [2.45, 2.75) is 12.4 Å². The van der Waals surface area contributed by atoms with Crippen LogP contribution >= 0.6 is 15.0 Å². The molecule has 0 aliphatic carbocycles. The van der Waals surface area contributed by atoms with Crippen LogP contribution < -0.4 is 55.6 Å². The fraction of sp³-hybridized carbons (Fsp3) is 0.0263. The van der Waals surface area contributed by atoms with Crippen molar-refractivity contribution >= 4 is 119 Å². The molecule has 0 fully saturated rings. The molecule has 440 valence electrons. The Balaban J connectivity index is 0.000000132. The Morgan fingerprint density at radius 2 is 0.533 bits per heavy atom. The van der Waals surface area contributed by atoms with E-state index in [2.05, 4.69) is 296 Å². The number of rotatable bonds is 12. The van der Waals surface area contributed by atoms with E-state index in [-0.39, 0.29) is 18.2 Å². The highest BCUT2D eigenvalue weighted by atomic mass is 31.2. The molecule has 5 nitrogen and oxygen atoms in total.